The van der Waals surface area contributed by atoms with Crippen molar-refractivity contribution in [2.75, 3.05) is 16.8 Å². The first-order valence-corrected chi connectivity index (χ1v) is 8.48. The maximum Gasteiger partial charge on any atom is 0.331 e. The molecule has 0 aliphatic carbocycles. The minimum absolute atomic E-state index is 0.179. The number of para-hydroxylation sites is 2. The largest absolute Gasteiger partial charge is 0.463 e. The molecule has 27 heavy (non-hydrogen) atoms. The zero-order valence-corrected chi connectivity index (χ0v) is 15.6. The maximum atomic E-state index is 13.0. The van der Waals surface area contributed by atoms with E-state index in [1.165, 1.54) is 11.8 Å². The van der Waals surface area contributed by atoms with Gasteiger partial charge < -0.3 is 14.8 Å². The monoisotopic (exact) mass is 374 g/mol. The zero-order chi connectivity index (χ0) is 20.2. The van der Waals surface area contributed by atoms with E-state index in [0.29, 0.717) is 11.4 Å². The van der Waals surface area contributed by atoms with Gasteiger partial charge in [-0.2, -0.15) is 0 Å². The van der Waals surface area contributed by atoms with Crippen LogP contribution in [-0.4, -0.2) is 42.0 Å². The third-order valence-corrected chi connectivity index (χ3v) is 4.01. The Labute approximate surface area is 157 Å². The van der Waals surface area contributed by atoms with Gasteiger partial charge in [0.25, 0.3) is 5.91 Å². The van der Waals surface area contributed by atoms with Crippen LogP contribution in [0.2, 0.25) is 0 Å². The summed E-state index contributed by atoms with van der Waals surface area (Å²) in [5.41, 5.74) is -0.166. The Bertz CT molecular complexity index is 799. The van der Waals surface area contributed by atoms with Crippen LogP contribution in [0.4, 0.5) is 11.4 Å². The molecule has 1 heterocycles. The summed E-state index contributed by atoms with van der Waals surface area (Å²) < 4.78 is 9.75. The molecule has 1 aliphatic rings. The van der Waals surface area contributed by atoms with Gasteiger partial charge in [0, 0.05) is 12.2 Å². The van der Waals surface area contributed by atoms with Crippen molar-refractivity contribution in [3.8, 4) is 0 Å². The van der Waals surface area contributed by atoms with E-state index in [1.807, 2.05) is 0 Å². The number of rotatable bonds is 5. The van der Waals surface area contributed by atoms with Crippen LogP contribution < -0.4 is 10.2 Å². The molecule has 8 heteroatoms. The average Bonchev–Trinajstić information content (AvgIpc) is 2.60. The second-order valence-corrected chi connectivity index (χ2v) is 6.37. The van der Waals surface area contributed by atoms with E-state index >= 15 is 0 Å². The molecule has 1 aliphatic heterocycles. The topological polar surface area (TPSA) is 102 Å². The van der Waals surface area contributed by atoms with Crippen LogP contribution in [0.3, 0.4) is 0 Å². The predicted octanol–water partition coefficient (Wildman–Crippen LogP) is 1.80. The molecule has 0 radical (unpaired) electrons. The molecule has 2 amide bonds. The van der Waals surface area contributed by atoms with E-state index in [0.717, 1.165) is 12.2 Å². The van der Waals surface area contributed by atoms with Gasteiger partial charge in [-0.15, -0.1) is 0 Å². The van der Waals surface area contributed by atoms with Crippen LogP contribution in [0.5, 0.6) is 0 Å². The van der Waals surface area contributed by atoms with Crippen molar-refractivity contribution in [1.82, 2.24) is 0 Å². The van der Waals surface area contributed by atoms with E-state index in [2.05, 4.69) is 10.1 Å². The molecule has 0 bridgehead atoms. The molecule has 1 N–H and O–H groups in total. The fraction of sp³-hybridized carbons (Fsp3) is 0.368. The quantitative estimate of drug-likeness (QED) is 0.623. The van der Waals surface area contributed by atoms with Crippen LogP contribution in [0, 0.1) is 0 Å². The van der Waals surface area contributed by atoms with Crippen molar-refractivity contribution in [3.63, 3.8) is 0 Å². The van der Waals surface area contributed by atoms with Crippen molar-refractivity contribution >= 4 is 35.1 Å². The molecule has 1 atom stereocenters. The normalized spacial score (nSPS) is 16.3. The highest BCUT2D eigenvalue weighted by molar-refractivity contribution is 6.15. The lowest BCUT2D eigenvalue weighted by molar-refractivity contribution is -0.150. The van der Waals surface area contributed by atoms with Gasteiger partial charge in [0.2, 0.25) is 5.91 Å². The number of anilines is 2. The van der Waals surface area contributed by atoms with Crippen molar-refractivity contribution < 1.29 is 28.7 Å². The van der Waals surface area contributed by atoms with Crippen LogP contribution in [0.1, 0.15) is 27.7 Å². The van der Waals surface area contributed by atoms with Gasteiger partial charge in [-0.05, 0) is 39.8 Å². The number of benzene rings is 1. The summed E-state index contributed by atoms with van der Waals surface area (Å²) in [6.07, 6.45) is 0.656. The number of hydrogen-bond donors (Lipinski definition) is 1. The van der Waals surface area contributed by atoms with E-state index in [4.69, 9.17) is 4.74 Å². The number of carbonyl (C=O) groups excluding carboxylic acids is 4. The summed E-state index contributed by atoms with van der Waals surface area (Å²) in [7, 11) is 0. The Morgan fingerprint density at radius 1 is 1.19 bits per heavy atom. The number of esters is 2. The van der Waals surface area contributed by atoms with E-state index in [-0.39, 0.29) is 12.5 Å². The second kappa shape index (κ2) is 8.03. The predicted molar refractivity (Wildman–Crippen MR) is 98.0 cm³/mol. The molecule has 8 nitrogen and oxygen atoms in total. The summed E-state index contributed by atoms with van der Waals surface area (Å²) in [6.45, 7) is 6.43. The molecule has 2 rings (SSSR count). The van der Waals surface area contributed by atoms with Gasteiger partial charge in [0.05, 0.1) is 18.0 Å². The van der Waals surface area contributed by atoms with Crippen LogP contribution in [0.15, 0.2) is 36.4 Å². The van der Waals surface area contributed by atoms with Gasteiger partial charge in [0.1, 0.15) is 5.54 Å². The van der Waals surface area contributed by atoms with Crippen molar-refractivity contribution in [2.45, 2.75) is 39.3 Å². The second-order valence-electron chi connectivity index (χ2n) is 6.37. The molecular formula is C19H22N2O6. The highest BCUT2D eigenvalue weighted by Gasteiger charge is 2.45. The molecule has 1 aromatic rings. The standard InChI is InChI=1S/C19H22N2O6/c1-5-26-15(22)10-11-16(23)27-12(2)17(24)21-14-9-7-6-8-13(14)20-18(25)19(21,3)4/h6-12H,5H2,1-4H3,(H,20,25). The maximum absolute atomic E-state index is 13.0. The summed E-state index contributed by atoms with van der Waals surface area (Å²) in [6, 6.07) is 6.86. The number of fused-ring (bicyclic) bond motifs is 1. The Kier molecular flexibility index (Phi) is 5.99. The zero-order valence-electron chi connectivity index (χ0n) is 15.6. The minimum Gasteiger partial charge on any atom is -0.463 e. The Morgan fingerprint density at radius 3 is 2.48 bits per heavy atom. The van der Waals surface area contributed by atoms with Gasteiger partial charge in [-0.3, -0.25) is 14.5 Å². The van der Waals surface area contributed by atoms with E-state index < -0.39 is 29.5 Å². The third kappa shape index (κ3) is 4.33. The molecule has 0 aromatic heterocycles. The van der Waals surface area contributed by atoms with Crippen molar-refractivity contribution in [1.29, 1.82) is 0 Å². The highest BCUT2D eigenvalue weighted by atomic mass is 16.5. The average molecular weight is 374 g/mol. The van der Waals surface area contributed by atoms with E-state index in [9.17, 15) is 19.2 Å². The summed E-state index contributed by atoms with van der Waals surface area (Å²) in [4.78, 5) is 49.8. The molecule has 1 unspecified atom stereocenters. The number of nitrogens with zero attached hydrogens (tertiary/aromatic N) is 1. The third-order valence-electron chi connectivity index (χ3n) is 4.01. The van der Waals surface area contributed by atoms with Crippen molar-refractivity contribution in [3.05, 3.63) is 36.4 Å². The van der Waals surface area contributed by atoms with Crippen molar-refractivity contribution in [2.24, 2.45) is 0 Å². The number of nitrogens with one attached hydrogen (secondary N) is 1. The molecule has 0 saturated heterocycles. The van der Waals surface area contributed by atoms with E-state index in [1.54, 1.807) is 45.0 Å². The Hall–Kier alpha value is -3.16. The lowest BCUT2D eigenvalue weighted by Gasteiger charge is -2.42. The minimum atomic E-state index is -1.17. The molecule has 0 saturated carbocycles. The SMILES string of the molecule is CCOC(=O)C=CC(=O)OC(C)C(=O)N1c2ccccc2NC(=O)C1(C)C. The molecule has 0 fully saturated rings. The number of carbonyl (C=O) groups is 4. The van der Waals surface area contributed by atoms with Gasteiger partial charge in [-0.25, -0.2) is 9.59 Å². The van der Waals surface area contributed by atoms with Crippen LogP contribution >= 0.6 is 0 Å². The van der Waals surface area contributed by atoms with Crippen LogP contribution in [0.25, 0.3) is 0 Å². The first-order valence-electron chi connectivity index (χ1n) is 8.48. The first-order chi connectivity index (χ1) is 12.7. The highest BCUT2D eigenvalue weighted by Crippen LogP contribution is 2.37. The van der Waals surface area contributed by atoms with Gasteiger partial charge in [-0.1, -0.05) is 12.1 Å². The summed E-state index contributed by atoms with van der Waals surface area (Å²) in [5, 5.41) is 2.76. The lowest BCUT2D eigenvalue weighted by atomic mass is 9.95. The van der Waals surface area contributed by atoms with Crippen LogP contribution in [-0.2, 0) is 28.7 Å². The smallest absolute Gasteiger partial charge is 0.331 e. The molecular weight excluding hydrogens is 352 g/mol. The number of hydrogen-bond acceptors (Lipinski definition) is 6. The molecule has 1 aromatic carbocycles. The number of ether oxygens (including phenoxy) is 2. The Balaban J connectivity index is 2.19. The Morgan fingerprint density at radius 2 is 1.81 bits per heavy atom. The molecule has 144 valence electrons. The van der Waals surface area contributed by atoms with Gasteiger partial charge >= 0.3 is 11.9 Å². The number of amides is 2. The summed E-state index contributed by atoms with van der Waals surface area (Å²) >= 11 is 0. The summed E-state index contributed by atoms with van der Waals surface area (Å²) in [5.74, 6) is -2.46. The first kappa shape index (κ1) is 20.2. The lowest BCUT2D eigenvalue weighted by Crippen LogP contribution is -2.60. The fourth-order valence-electron chi connectivity index (χ4n) is 2.62. The fourth-order valence-corrected chi connectivity index (χ4v) is 2.62. The molecule has 0 spiro atoms. The van der Waals surface area contributed by atoms with Gasteiger partial charge in [0.15, 0.2) is 6.10 Å².